The van der Waals surface area contributed by atoms with Gasteiger partial charge in [0.2, 0.25) is 5.83 Å². The van der Waals surface area contributed by atoms with E-state index in [0.29, 0.717) is 5.56 Å². The molecule has 0 spiro atoms. The Balaban J connectivity index is 3.04. The highest BCUT2D eigenvalue weighted by Crippen LogP contribution is 2.11. The Morgan fingerprint density at radius 2 is 2.38 bits per heavy atom. The molecule has 4 nitrogen and oxygen atoms in total. The predicted molar refractivity (Wildman–Crippen MR) is 44.7 cm³/mol. The van der Waals surface area contributed by atoms with Crippen molar-refractivity contribution in [2.75, 3.05) is 0 Å². The van der Waals surface area contributed by atoms with Gasteiger partial charge in [0.25, 0.3) is 0 Å². The van der Waals surface area contributed by atoms with Crippen molar-refractivity contribution in [2.24, 2.45) is 7.05 Å². The lowest BCUT2D eigenvalue weighted by molar-refractivity contribution is -0.134. The minimum Gasteiger partial charge on any atom is -0.476 e. The van der Waals surface area contributed by atoms with Gasteiger partial charge in [0.15, 0.2) is 0 Å². The molecule has 0 saturated heterocycles. The van der Waals surface area contributed by atoms with Crippen LogP contribution in [0.1, 0.15) is 11.3 Å². The van der Waals surface area contributed by atoms with Gasteiger partial charge >= 0.3 is 5.97 Å². The van der Waals surface area contributed by atoms with Gasteiger partial charge in [-0.25, -0.2) is 4.79 Å². The number of carboxylic acids is 1. The van der Waals surface area contributed by atoms with Crippen LogP contribution in [0.3, 0.4) is 0 Å². The van der Waals surface area contributed by atoms with E-state index in [4.69, 9.17) is 5.11 Å². The molecular weight excluding hydrogens is 175 g/mol. The van der Waals surface area contributed by atoms with Crippen LogP contribution in [0.15, 0.2) is 12.0 Å². The van der Waals surface area contributed by atoms with Gasteiger partial charge < -0.3 is 5.11 Å². The van der Waals surface area contributed by atoms with Crippen LogP contribution in [-0.4, -0.2) is 20.9 Å². The second kappa shape index (κ2) is 3.38. The highest BCUT2D eigenvalue weighted by molar-refractivity contribution is 5.89. The fourth-order valence-corrected chi connectivity index (χ4v) is 0.856. The maximum Gasteiger partial charge on any atom is 0.364 e. The number of rotatable bonds is 2. The third kappa shape index (κ3) is 1.93. The summed E-state index contributed by atoms with van der Waals surface area (Å²) in [6.45, 7) is 1.73. The molecule has 0 saturated carbocycles. The number of nitrogens with zero attached hydrogens (tertiary/aromatic N) is 2. The van der Waals surface area contributed by atoms with Gasteiger partial charge in [0, 0.05) is 18.3 Å². The van der Waals surface area contributed by atoms with Gasteiger partial charge in [-0.05, 0) is 13.0 Å². The largest absolute Gasteiger partial charge is 0.476 e. The summed E-state index contributed by atoms with van der Waals surface area (Å²) in [5.41, 5.74) is 1.19. The second-order valence-corrected chi connectivity index (χ2v) is 2.61. The smallest absolute Gasteiger partial charge is 0.364 e. The summed E-state index contributed by atoms with van der Waals surface area (Å²) >= 11 is 0. The van der Waals surface area contributed by atoms with E-state index in [1.165, 1.54) is 6.20 Å². The normalized spacial score (nSPS) is 11.8. The van der Waals surface area contributed by atoms with Crippen molar-refractivity contribution < 1.29 is 14.3 Å². The number of carbonyl (C=O) groups is 1. The van der Waals surface area contributed by atoms with E-state index in [1.54, 1.807) is 18.7 Å². The number of carboxylic acid groups (broad SMARTS) is 1. The SMILES string of the molecule is Cc1c(C=C(F)C(=O)O)cnn1C. The van der Waals surface area contributed by atoms with E-state index in [-0.39, 0.29) is 0 Å². The monoisotopic (exact) mass is 184 g/mol. The third-order valence-electron chi connectivity index (χ3n) is 1.76. The highest BCUT2D eigenvalue weighted by Gasteiger charge is 2.07. The lowest BCUT2D eigenvalue weighted by Crippen LogP contribution is -1.95. The lowest BCUT2D eigenvalue weighted by Gasteiger charge is -1.93. The van der Waals surface area contributed by atoms with Crippen molar-refractivity contribution in [2.45, 2.75) is 6.92 Å². The summed E-state index contributed by atoms with van der Waals surface area (Å²) in [6.07, 6.45) is 2.36. The van der Waals surface area contributed by atoms with Gasteiger partial charge in [-0.2, -0.15) is 9.49 Å². The average molecular weight is 184 g/mol. The molecule has 0 amide bonds. The van der Waals surface area contributed by atoms with Gasteiger partial charge in [0.05, 0.1) is 6.20 Å². The number of hydrogen-bond donors (Lipinski definition) is 1. The van der Waals surface area contributed by atoms with Crippen LogP contribution in [0, 0.1) is 6.92 Å². The van der Waals surface area contributed by atoms with E-state index >= 15 is 0 Å². The summed E-state index contributed by atoms with van der Waals surface area (Å²) in [5.74, 6) is -2.75. The highest BCUT2D eigenvalue weighted by atomic mass is 19.1. The summed E-state index contributed by atoms with van der Waals surface area (Å²) in [5, 5.41) is 12.1. The molecule has 0 atom stereocenters. The minimum atomic E-state index is -1.57. The Hall–Kier alpha value is -1.65. The van der Waals surface area contributed by atoms with Gasteiger partial charge in [0.1, 0.15) is 0 Å². The van der Waals surface area contributed by atoms with E-state index < -0.39 is 11.8 Å². The fourth-order valence-electron chi connectivity index (χ4n) is 0.856. The molecule has 1 N–H and O–H groups in total. The topological polar surface area (TPSA) is 55.1 Å². The molecule has 1 aromatic rings. The van der Waals surface area contributed by atoms with Crippen molar-refractivity contribution in [3.8, 4) is 0 Å². The zero-order chi connectivity index (χ0) is 10.0. The van der Waals surface area contributed by atoms with E-state index in [0.717, 1.165) is 11.8 Å². The fraction of sp³-hybridized carbons (Fsp3) is 0.250. The molecule has 0 bridgehead atoms. The molecule has 1 heterocycles. The third-order valence-corrected chi connectivity index (χ3v) is 1.76. The first-order chi connectivity index (χ1) is 6.02. The molecule has 0 aliphatic carbocycles. The molecule has 0 unspecified atom stereocenters. The van der Waals surface area contributed by atoms with Crippen LogP contribution in [0.5, 0.6) is 0 Å². The summed E-state index contributed by atoms with van der Waals surface area (Å²) < 4.78 is 14.2. The van der Waals surface area contributed by atoms with Crippen LogP contribution >= 0.6 is 0 Å². The molecule has 1 aromatic heterocycles. The van der Waals surface area contributed by atoms with Crippen LogP contribution in [-0.2, 0) is 11.8 Å². The molecule has 0 radical (unpaired) electrons. The van der Waals surface area contributed by atoms with Crippen molar-refractivity contribution in [1.82, 2.24) is 9.78 Å². The van der Waals surface area contributed by atoms with Crippen molar-refractivity contribution >= 4 is 12.0 Å². The Kier molecular flexibility index (Phi) is 2.46. The predicted octanol–water partition coefficient (Wildman–Crippen LogP) is 1.12. The summed E-state index contributed by atoms with van der Waals surface area (Å²) in [7, 11) is 1.70. The maximum atomic E-state index is 12.6. The van der Waals surface area contributed by atoms with Crippen LogP contribution in [0.25, 0.3) is 6.08 Å². The van der Waals surface area contributed by atoms with E-state index in [1.807, 2.05) is 0 Å². The molecule has 0 fully saturated rings. The van der Waals surface area contributed by atoms with Gasteiger partial charge in [-0.3, -0.25) is 4.68 Å². The van der Waals surface area contributed by atoms with E-state index in [2.05, 4.69) is 5.10 Å². The van der Waals surface area contributed by atoms with Gasteiger partial charge in [-0.1, -0.05) is 0 Å². The molecular formula is C8H9FN2O2. The lowest BCUT2D eigenvalue weighted by atomic mass is 10.2. The van der Waals surface area contributed by atoms with Crippen molar-refractivity contribution in [1.29, 1.82) is 0 Å². The molecule has 1 rings (SSSR count). The summed E-state index contributed by atoms with van der Waals surface area (Å²) in [4.78, 5) is 10.2. The number of halogens is 1. The zero-order valence-electron chi connectivity index (χ0n) is 7.28. The standard InChI is InChI=1S/C8H9FN2O2/c1-5-6(4-10-11(5)2)3-7(9)8(12)13/h3-4H,1-2H3,(H,12,13). The van der Waals surface area contributed by atoms with Crippen molar-refractivity contribution in [3.05, 3.63) is 23.3 Å². The first kappa shape index (κ1) is 9.44. The Morgan fingerprint density at radius 1 is 1.77 bits per heavy atom. The first-order valence-corrected chi connectivity index (χ1v) is 3.61. The number of aryl methyl sites for hydroxylation is 1. The average Bonchev–Trinajstić information content (AvgIpc) is 2.36. The second-order valence-electron chi connectivity index (χ2n) is 2.61. The maximum absolute atomic E-state index is 12.6. The molecule has 0 aliphatic rings. The quantitative estimate of drug-likeness (QED) is 0.701. The van der Waals surface area contributed by atoms with Crippen molar-refractivity contribution in [3.63, 3.8) is 0 Å². The zero-order valence-corrected chi connectivity index (χ0v) is 7.28. The summed E-state index contributed by atoms with van der Waals surface area (Å²) in [6, 6.07) is 0. The number of aromatic nitrogens is 2. The van der Waals surface area contributed by atoms with Crippen LogP contribution < -0.4 is 0 Å². The minimum absolute atomic E-state index is 0.474. The Labute approximate surface area is 74.3 Å². The molecule has 0 aromatic carbocycles. The van der Waals surface area contributed by atoms with Crippen LogP contribution in [0.2, 0.25) is 0 Å². The molecule has 0 aliphatic heterocycles. The number of aliphatic carboxylic acids is 1. The Bertz CT molecular complexity index is 368. The van der Waals surface area contributed by atoms with E-state index in [9.17, 15) is 9.18 Å². The molecule has 5 heteroatoms. The Morgan fingerprint density at radius 3 is 2.77 bits per heavy atom. The van der Waals surface area contributed by atoms with Gasteiger partial charge in [-0.15, -0.1) is 0 Å². The number of hydrogen-bond acceptors (Lipinski definition) is 2. The molecule has 13 heavy (non-hydrogen) atoms. The first-order valence-electron chi connectivity index (χ1n) is 3.61. The van der Waals surface area contributed by atoms with Crippen LogP contribution in [0.4, 0.5) is 4.39 Å². The molecule has 70 valence electrons.